The summed E-state index contributed by atoms with van der Waals surface area (Å²) < 4.78 is 7.07. The summed E-state index contributed by atoms with van der Waals surface area (Å²) in [6.45, 7) is 1.02. The van der Waals surface area contributed by atoms with Crippen LogP contribution in [-0.4, -0.2) is 46.0 Å². The molecule has 0 bridgehead atoms. The molecule has 1 aromatic heterocycles. The second-order valence-electron chi connectivity index (χ2n) is 6.15. The Hall–Kier alpha value is -2.67. The Morgan fingerprint density at radius 2 is 2.16 bits per heavy atom. The monoisotopic (exact) mass is 343 g/mol. The molecular formula is C18H21N3O4. The molecule has 132 valence electrons. The fourth-order valence-electron chi connectivity index (χ4n) is 3.01. The Labute approximate surface area is 145 Å². The third-order valence-corrected chi connectivity index (χ3v) is 4.32. The Balaban J connectivity index is 1.60. The van der Waals surface area contributed by atoms with Crippen LogP contribution < -0.4 is 5.32 Å². The standard InChI is InChI=1S/C18H21N3O4/c22-16(20-17(18(23)24)14-3-1-10-25-12-14)11-13-4-6-15(7-5-13)21-9-2-8-19-21/h2,4-9,14,17H,1,3,10-12H2,(H,20,22)(H,23,24). The first kappa shape index (κ1) is 17.2. The molecule has 1 saturated heterocycles. The average molecular weight is 343 g/mol. The maximum atomic E-state index is 12.3. The van der Waals surface area contributed by atoms with Gasteiger partial charge in [0, 0.05) is 24.9 Å². The molecule has 0 saturated carbocycles. The van der Waals surface area contributed by atoms with Gasteiger partial charge in [0.15, 0.2) is 0 Å². The molecule has 1 amide bonds. The maximum Gasteiger partial charge on any atom is 0.326 e. The Bertz CT molecular complexity index is 706. The first-order valence-corrected chi connectivity index (χ1v) is 8.32. The van der Waals surface area contributed by atoms with Gasteiger partial charge in [0.05, 0.1) is 18.7 Å². The molecule has 1 aliphatic heterocycles. The molecule has 0 aliphatic carbocycles. The van der Waals surface area contributed by atoms with E-state index in [-0.39, 0.29) is 18.2 Å². The molecule has 7 heteroatoms. The van der Waals surface area contributed by atoms with Gasteiger partial charge in [-0.3, -0.25) is 4.79 Å². The van der Waals surface area contributed by atoms with Crippen molar-refractivity contribution < 1.29 is 19.4 Å². The van der Waals surface area contributed by atoms with Crippen molar-refractivity contribution in [3.8, 4) is 5.69 Å². The summed E-state index contributed by atoms with van der Waals surface area (Å²) in [4.78, 5) is 23.7. The van der Waals surface area contributed by atoms with Crippen LogP contribution in [0.2, 0.25) is 0 Å². The van der Waals surface area contributed by atoms with Gasteiger partial charge in [0.1, 0.15) is 6.04 Å². The second-order valence-corrected chi connectivity index (χ2v) is 6.15. The number of hydrogen-bond donors (Lipinski definition) is 2. The zero-order valence-electron chi connectivity index (χ0n) is 13.8. The van der Waals surface area contributed by atoms with Crippen LogP contribution in [0.4, 0.5) is 0 Å². The van der Waals surface area contributed by atoms with Crippen LogP contribution in [0.1, 0.15) is 18.4 Å². The number of carboxylic acid groups (broad SMARTS) is 1. The maximum absolute atomic E-state index is 12.3. The van der Waals surface area contributed by atoms with Crippen LogP contribution in [-0.2, 0) is 20.7 Å². The van der Waals surface area contributed by atoms with Gasteiger partial charge >= 0.3 is 5.97 Å². The summed E-state index contributed by atoms with van der Waals surface area (Å²) in [6, 6.07) is 8.36. The van der Waals surface area contributed by atoms with Gasteiger partial charge in [0.25, 0.3) is 0 Å². The number of rotatable bonds is 6. The van der Waals surface area contributed by atoms with Gasteiger partial charge in [-0.1, -0.05) is 12.1 Å². The number of carbonyl (C=O) groups excluding carboxylic acids is 1. The molecule has 0 spiro atoms. The van der Waals surface area contributed by atoms with Crippen molar-refractivity contribution in [2.24, 2.45) is 5.92 Å². The smallest absolute Gasteiger partial charge is 0.326 e. The Morgan fingerprint density at radius 3 is 2.76 bits per heavy atom. The molecule has 0 radical (unpaired) electrons. The fourth-order valence-corrected chi connectivity index (χ4v) is 3.01. The number of nitrogens with one attached hydrogen (secondary N) is 1. The molecule has 2 atom stereocenters. The fraction of sp³-hybridized carbons (Fsp3) is 0.389. The van der Waals surface area contributed by atoms with Gasteiger partial charge in [-0.05, 0) is 36.6 Å². The lowest BCUT2D eigenvalue weighted by Crippen LogP contribution is -2.48. The number of aliphatic carboxylic acids is 1. The number of amides is 1. The van der Waals surface area contributed by atoms with Crippen molar-refractivity contribution in [2.75, 3.05) is 13.2 Å². The molecule has 2 N–H and O–H groups in total. The van der Waals surface area contributed by atoms with Gasteiger partial charge in [-0.25, -0.2) is 9.48 Å². The van der Waals surface area contributed by atoms with E-state index >= 15 is 0 Å². The number of carboxylic acids is 1. The average Bonchev–Trinajstić information content (AvgIpc) is 3.15. The minimum absolute atomic E-state index is 0.136. The van der Waals surface area contributed by atoms with Crippen molar-refractivity contribution in [1.29, 1.82) is 0 Å². The summed E-state index contributed by atoms with van der Waals surface area (Å²) in [5.41, 5.74) is 1.72. The SMILES string of the molecule is O=C(Cc1ccc(-n2cccn2)cc1)NC(C(=O)O)C1CCCOC1. The number of benzene rings is 1. The number of nitrogens with zero attached hydrogens (tertiary/aromatic N) is 2. The number of carbonyl (C=O) groups is 2. The molecule has 2 aromatic rings. The predicted octanol–water partition coefficient (Wildman–Crippen LogP) is 1.41. The topological polar surface area (TPSA) is 93.5 Å². The summed E-state index contributed by atoms with van der Waals surface area (Å²) >= 11 is 0. The molecule has 1 aromatic carbocycles. The number of hydrogen-bond acceptors (Lipinski definition) is 4. The van der Waals surface area contributed by atoms with Gasteiger partial charge < -0.3 is 15.2 Å². The summed E-state index contributed by atoms with van der Waals surface area (Å²) in [7, 11) is 0. The highest BCUT2D eigenvalue weighted by molar-refractivity contribution is 5.85. The molecular weight excluding hydrogens is 322 g/mol. The van der Waals surface area contributed by atoms with Crippen LogP contribution in [0.5, 0.6) is 0 Å². The van der Waals surface area contributed by atoms with E-state index in [0.29, 0.717) is 13.2 Å². The van der Waals surface area contributed by atoms with Crippen LogP contribution in [0.15, 0.2) is 42.7 Å². The first-order chi connectivity index (χ1) is 12.1. The normalized spacial score (nSPS) is 18.5. The second kappa shape index (κ2) is 7.94. The summed E-state index contributed by atoms with van der Waals surface area (Å²) in [5.74, 6) is -1.50. The van der Waals surface area contributed by atoms with Crippen molar-refractivity contribution >= 4 is 11.9 Å². The van der Waals surface area contributed by atoms with Crippen LogP contribution in [0.25, 0.3) is 5.69 Å². The molecule has 1 aliphatic rings. The predicted molar refractivity (Wildman–Crippen MR) is 90.4 cm³/mol. The van der Waals surface area contributed by atoms with E-state index in [1.165, 1.54) is 0 Å². The van der Waals surface area contributed by atoms with Crippen molar-refractivity contribution in [2.45, 2.75) is 25.3 Å². The van der Waals surface area contributed by atoms with E-state index in [1.807, 2.05) is 36.5 Å². The van der Waals surface area contributed by atoms with E-state index < -0.39 is 12.0 Å². The van der Waals surface area contributed by atoms with Crippen molar-refractivity contribution in [3.63, 3.8) is 0 Å². The van der Waals surface area contributed by atoms with Gasteiger partial charge in [-0.2, -0.15) is 5.10 Å². The Morgan fingerprint density at radius 1 is 1.36 bits per heavy atom. The van der Waals surface area contributed by atoms with E-state index in [4.69, 9.17) is 4.74 Å². The highest BCUT2D eigenvalue weighted by Gasteiger charge is 2.31. The largest absolute Gasteiger partial charge is 0.480 e. The number of ether oxygens (including phenoxy) is 1. The zero-order valence-corrected chi connectivity index (χ0v) is 13.8. The quantitative estimate of drug-likeness (QED) is 0.827. The molecule has 25 heavy (non-hydrogen) atoms. The minimum atomic E-state index is -1.02. The highest BCUT2D eigenvalue weighted by Crippen LogP contribution is 2.18. The van der Waals surface area contributed by atoms with Crippen LogP contribution in [0.3, 0.4) is 0 Å². The lowest BCUT2D eigenvalue weighted by molar-refractivity contribution is -0.145. The Kier molecular flexibility index (Phi) is 5.45. The van der Waals surface area contributed by atoms with Crippen molar-refractivity contribution in [3.05, 3.63) is 48.3 Å². The summed E-state index contributed by atoms with van der Waals surface area (Å²) in [6.07, 6.45) is 5.24. The van der Waals surface area contributed by atoms with Gasteiger partial charge in [0.2, 0.25) is 5.91 Å². The highest BCUT2D eigenvalue weighted by atomic mass is 16.5. The van der Waals surface area contributed by atoms with E-state index in [9.17, 15) is 14.7 Å². The third kappa shape index (κ3) is 4.45. The van der Waals surface area contributed by atoms with Gasteiger partial charge in [-0.15, -0.1) is 0 Å². The molecule has 2 unspecified atom stereocenters. The third-order valence-electron chi connectivity index (χ3n) is 4.32. The lowest BCUT2D eigenvalue weighted by Gasteiger charge is -2.28. The van der Waals surface area contributed by atoms with Crippen LogP contribution >= 0.6 is 0 Å². The van der Waals surface area contributed by atoms with E-state index in [0.717, 1.165) is 24.1 Å². The van der Waals surface area contributed by atoms with E-state index in [2.05, 4.69) is 10.4 Å². The first-order valence-electron chi connectivity index (χ1n) is 8.32. The van der Waals surface area contributed by atoms with Crippen LogP contribution in [0, 0.1) is 5.92 Å². The van der Waals surface area contributed by atoms with Crippen molar-refractivity contribution in [1.82, 2.24) is 15.1 Å². The number of aromatic nitrogens is 2. The molecule has 7 nitrogen and oxygen atoms in total. The minimum Gasteiger partial charge on any atom is -0.480 e. The lowest BCUT2D eigenvalue weighted by atomic mass is 9.93. The zero-order chi connectivity index (χ0) is 17.6. The summed E-state index contributed by atoms with van der Waals surface area (Å²) in [5, 5.41) is 16.2. The van der Waals surface area contributed by atoms with E-state index in [1.54, 1.807) is 10.9 Å². The molecule has 3 rings (SSSR count). The molecule has 2 heterocycles. The molecule has 1 fully saturated rings.